The number of aryl methyl sites for hydroxylation is 1. The van der Waals surface area contributed by atoms with Gasteiger partial charge in [0.2, 0.25) is 15.9 Å². The average molecular weight is 392 g/mol. The Morgan fingerprint density at radius 3 is 2.44 bits per heavy atom. The molecule has 0 saturated heterocycles. The van der Waals surface area contributed by atoms with Gasteiger partial charge in [-0.3, -0.25) is 4.79 Å². The van der Waals surface area contributed by atoms with E-state index >= 15 is 0 Å². The Kier molecular flexibility index (Phi) is 5.20. The van der Waals surface area contributed by atoms with Crippen LogP contribution in [0.4, 0.5) is 0 Å². The van der Waals surface area contributed by atoms with Gasteiger partial charge < -0.3 is 0 Å². The summed E-state index contributed by atoms with van der Waals surface area (Å²) in [6, 6.07) is 6.60. The first kappa shape index (κ1) is 20.0. The Hall–Kier alpha value is -1.73. The highest BCUT2D eigenvalue weighted by molar-refractivity contribution is 7.89. The SMILES string of the molecule is Cc1ccc(S(=O)(=O)NCCC(=O)N/N=C2/C[C@H]3CC[C@]2(C)C3(C)C)cc1. The van der Waals surface area contributed by atoms with Crippen LogP contribution in [0, 0.1) is 23.7 Å². The summed E-state index contributed by atoms with van der Waals surface area (Å²) < 4.78 is 26.9. The maximum absolute atomic E-state index is 12.2. The zero-order chi connectivity index (χ0) is 19.9. The fourth-order valence-electron chi connectivity index (χ4n) is 4.38. The van der Waals surface area contributed by atoms with Crippen molar-refractivity contribution in [2.24, 2.45) is 21.8 Å². The lowest BCUT2D eigenvalue weighted by molar-refractivity contribution is -0.120. The normalized spacial score (nSPS) is 27.9. The van der Waals surface area contributed by atoms with E-state index < -0.39 is 10.0 Å². The van der Waals surface area contributed by atoms with Gasteiger partial charge in [0.05, 0.1) is 4.90 Å². The van der Waals surface area contributed by atoms with Crippen LogP contribution < -0.4 is 10.1 Å². The topological polar surface area (TPSA) is 87.6 Å². The molecule has 0 spiro atoms. The largest absolute Gasteiger partial charge is 0.273 e. The number of fused-ring (bicyclic) bond motifs is 2. The summed E-state index contributed by atoms with van der Waals surface area (Å²) in [6.07, 6.45) is 3.31. The number of carbonyl (C=O) groups is 1. The van der Waals surface area contributed by atoms with Crippen molar-refractivity contribution in [3.8, 4) is 0 Å². The molecule has 0 unspecified atom stereocenters. The Labute approximate surface area is 161 Å². The molecule has 1 aromatic carbocycles. The average Bonchev–Trinajstić information content (AvgIpc) is 2.93. The predicted molar refractivity (Wildman–Crippen MR) is 106 cm³/mol. The van der Waals surface area contributed by atoms with E-state index in [0.717, 1.165) is 24.1 Å². The van der Waals surface area contributed by atoms with E-state index in [1.165, 1.54) is 6.42 Å². The van der Waals surface area contributed by atoms with E-state index in [0.29, 0.717) is 5.92 Å². The molecule has 0 aromatic heterocycles. The minimum atomic E-state index is -3.60. The number of hydrogen-bond acceptors (Lipinski definition) is 4. The van der Waals surface area contributed by atoms with Crippen LogP contribution in [-0.4, -0.2) is 26.6 Å². The van der Waals surface area contributed by atoms with Crippen molar-refractivity contribution in [2.45, 2.75) is 58.3 Å². The maximum Gasteiger partial charge on any atom is 0.241 e. The molecule has 1 aromatic rings. The number of hydrazone groups is 1. The molecular weight excluding hydrogens is 362 g/mol. The van der Waals surface area contributed by atoms with Gasteiger partial charge in [-0.2, -0.15) is 5.10 Å². The lowest BCUT2D eigenvalue weighted by atomic mass is 9.70. The van der Waals surface area contributed by atoms with Gasteiger partial charge in [0.1, 0.15) is 0 Å². The third-order valence-electron chi connectivity index (χ3n) is 6.80. The number of sulfonamides is 1. The van der Waals surface area contributed by atoms with Gasteiger partial charge in [-0.1, -0.05) is 38.5 Å². The molecule has 2 fully saturated rings. The van der Waals surface area contributed by atoms with Crippen molar-refractivity contribution in [3.05, 3.63) is 29.8 Å². The summed E-state index contributed by atoms with van der Waals surface area (Å²) in [5, 5.41) is 4.40. The number of nitrogens with zero attached hydrogens (tertiary/aromatic N) is 1. The zero-order valence-electron chi connectivity index (χ0n) is 16.5. The summed E-state index contributed by atoms with van der Waals surface area (Å²) in [5.41, 5.74) is 4.93. The van der Waals surface area contributed by atoms with Gasteiger partial charge in [-0.05, 0) is 49.7 Å². The van der Waals surface area contributed by atoms with Gasteiger partial charge in [0.15, 0.2) is 0 Å². The molecule has 2 aliphatic rings. The molecule has 0 radical (unpaired) electrons. The summed E-state index contributed by atoms with van der Waals surface area (Å²) in [6.45, 7) is 8.75. The van der Waals surface area contributed by atoms with Crippen LogP contribution in [0.25, 0.3) is 0 Å². The molecule has 7 heteroatoms. The molecule has 148 valence electrons. The molecule has 2 atom stereocenters. The number of hydrogen-bond donors (Lipinski definition) is 2. The van der Waals surface area contributed by atoms with E-state index in [9.17, 15) is 13.2 Å². The third kappa shape index (κ3) is 3.67. The van der Waals surface area contributed by atoms with Crippen LogP contribution >= 0.6 is 0 Å². The van der Waals surface area contributed by atoms with Gasteiger partial charge in [0, 0.05) is 24.1 Å². The predicted octanol–water partition coefficient (Wildman–Crippen LogP) is 2.98. The molecule has 0 heterocycles. The number of nitrogens with one attached hydrogen (secondary N) is 2. The fraction of sp³-hybridized carbons (Fsp3) is 0.600. The van der Waals surface area contributed by atoms with Crippen molar-refractivity contribution < 1.29 is 13.2 Å². The van der Waals surface area contributed by atoms with E-state index in [2.05, 4.69) is 36.0 Å². The molecular formula is C20H29N3O3S. The Morgan fingerprint density at radius 1 is 1.22 bits per heavy atom. The summed E-state index contributed by atoms with van der Waals surface area (Å²) in [5.74, 6) is 0.345. The lowest BCUT2D eigenvalue weighted by Crippen LogP contribution is -2.34. The third-order valence-corrected chi connectivity index (χ3v) is 8.28. The Bertz CT molecular complexity index is 859. The van der Waals surface area contributed by atoms with Crippen LogP contribution in [0.15, 0.2) is 34.3 Å². The highest BCUT2D eigenvalue weighted by atomic mass is 32.2. The van der Waals surface area contributed by atoms with E-state index in [-0.39, 0.29) is 34.6 Å². The van der Waals surface area contributed by atoms with E-state index in [1.807, 2.05) is 6.92 Å². The van der Waals surface area contributed by atoms with Gasteiger partial charge >= 0.3 is 0 Å². The fourth-order valence-corrected chi connectivity index (χ4v) is 5.41. The smallest absolute Gasteiger partial charge is 0.241 e. The molecule has 0 aliphatic heterocycles. The first-order valence-corrected chi connectivity index (χ1v) is 11.0. The first-order valence-electron chi connectivity index (χ1n) is 9.48. The quantitative estimate of drug-likeness (QED) is 0.731. The van der Waals surface area contributed by atoms with Crippen LogP contribution in [0.3, 0.4) is 0 Å². The second kappa shape index (κ2) is 7.02. The molecule has 2 bridgehead atoms. The highest BCUT2D eigenvalue weighted by Gasteiger charge is 2.59. The molecule has 3 rings (SSSR count). The molecule has 2 N–H and O–H groups in total. The molecule has 27 heavy (non-hydrogen) atoms. The van der Waals surface area contributed by atoms with Crippen molar-refractivity contribution in [1.82, 2.24) is 10.1 Å². The summed E-state index contributed by atoms with van der Waals surface area (Å²) in [7, 11) is -3.60. The van der Waals surface area contributed by atoms with Crippen LogP contribution in [0.1, 0.15) is 52.0 Å². The molecule has 2 aliphatic carbocycles. The van der Waals surface area contributed by atoms with E-state index in [1.54, 1.807) is 24.3 Å². The van der Waals surface area contributed by atoms with Crippen LogP contribution in [0.5, 0.6) is 0 Å². The van der Waals surface area contributed by atoms with Crippen molar-refractivity contribution >= 4 is 21.6 Å². The second-order valence-corrected chi connectivity index (χ2v) is 10.3. The van der Waals surface area contributed by atoms with Crippen molar-refractivity contribution in [2.75, 3.05) is 6.54 Å². The number of amides is 1. The molecule has 2 saturated carbocycles. The Morgan fingerprint density at radius 2 is 1.89 bits per heavy atom. The molecule has 1 amide bonds. The van der Waals surface area contributed by atoms with E-state index in [4.69, 9.17) is 0 Å². The lowest BCUT2D eigenvalue weighted by Gasteiger charge is -2.34. The van der Waals surface area contributed by atoms with Gasteiger partial charge in [-0.25, -0.2) is 18.6 Å². The highest BCUT2D eigenvalue weighted by Crippen LogP contribution is 2.63. The monoisotopic (exact) mass is 391 g/mol. The van der Waals surface area contributed by atoms with Crippen molar-refractivity contribution in [1.29, 1.82) is 0 Å². The standard InChI is InChI=1S/C20H29N3O3S/c1-14-5-7-16(8-6-14)27(25,26)21-12-10-18(24)23-22-17-13-15-9-11-20(17,4)19(15,2)3/h5-8,15,21H,9-13H2,1-4H3,(H,23,24)/b22-17-/t15-,20+/m1/s1. The second-order valence-electron chi connectivity index (χ2n) is 8.55. The Balaban J connectivity index is 1.52. The van der Waals surface area contributed by atoms with Crippen molar-refractivity contribution in [3.63, 3.8) is 0 Å². The van der Waals surface area contributed by atoms with Gasteiger partial charge in [0.25, 0.3) is 0 Å². The van der Waals surface area contributed by atoms with Gasteiger partial charge in [-0.15, -0.1) is 0 Å². The minimum absolute atomic E-state index is 0.0397. The number of carbonyl (C=O) groups excluding carboxylic acids is 1. The number of benzene rings is 1. The maximum atomic E-state index is 12.2. The molecule has 6 nitrogen and oxygen atoms in total. The van der Waals surface area contributed by atoms with Crippen LogP contribution in [0.2, 0.25) is 0 Å². The minimum Gasteiger partial charge on any atom is -0.273 e. The van der Waals surface area contributed by atoms with Crippen LogP contribution in [-0.2, 0) is 14.8 Å². The zero-order valence-corrected chi connectivity index (χ0v) is 17.3. The first-order chi connectivity index (χ1) is 12.6. The number of rotatable bonds is 6. The summed E-state index contributed by atoms with van der Waals surface area (Å²) >= 11 is 0. The summed E-state index contributed by atoms with van der Waals surface area (Å²) in [4.78, 5) is 12.3.